The summed E-state index contributed by atoms with van der Waals surface area (Å²) in [5.74, 6) is 0. The molecule has 0 aliphatic rings. The minimum absolute atomic E-state index is 0.409. The van der Waals surface area contributed by atoms with Crippen LogP contribution in [0.4, 0.5) is 0 Å². The lowest BCUT2D eigenvalue weighted by Crippen LogP contribution is -2.20. The first kappa shape index (κ1) is 7.18. The van der Waals surface area contributed by atoms with Crippen LogP contribution in [0, 0.1) is 6.92 Å². The van der Waals surface area contributed by atoms with E-state index in [0.717, 1.165) is 11.3 Å². The SMILES string of the molecule is Cc1ccc(C(N)N)cn1. The first-order valence-corrected chi connectivity index (χ1v) is 3.14. The average molecular weight is 137 g/mol. The van der Waals surface area contributed by atoms with Gasteiger partial charge < -0.3 is 11.5 Å². The van der Waals surface area contributed by atoms with Gasteiger partial charge in [-0.1, -0.05) is 6.07 Å². The van der Waals surface area contributed by atoms with Gasteiger partial charge in [0, 0.05) is 17.5 Å². The Morgan fingerprint density at radius 3 is 2.50 bits per heavy atom. The van der Waals surface area contributed by atoms with Gasteiger partial charge in [0.1, 0.15) is 0 Å². The number of pyridine rings is 1. The number of nitrogens with two attached hydrogens (primary N) is 2. The average Bonchev–Trinajstić information content (AvgIpc) is 1.88. The van der Waals surface area contributed by atoms with E-state index in [9.17, 15) is 0 Å². The third kappa shape index (κ3) is 1.52. The highest BCUT2D eigenvalue weighted by Gasteiger charge is 1.96. The molecule has 0 atom stereocenters. The highest BCUT2D eigenvalue weighted by atomic mass is 14.9. The van der Waals surface area contributed by atoms with Gasteiger partial charge in [0.2, 0.25) is 0 Å². The number of hydrogen-bond acceptors (Lipinski definition) is 3. The molecule has 0 radical (unpaired) electrons. The van der Waals surface area contributed by atoms with Crippen LogP contribution in [-0.4, -0.2) is 4.98 Å². The van der Waals surface area contributed by atoms with E-state index in [4.69, 9.17) is 11.5 Å². The molecule has 0 aromatic carbocycles. The van der Waals surface area contributed by atoms with Crippen molar-refractivity contribution in [1.29, 1.82) is 0 Å². The molecule has 1 aromatic rings. The molecule has 1 heterocycles. The van der Waals surface area contributed by atoms with Crippen LogP contribution < -0.4 is 11.5 Å². The van der Waals surface area contributed by atoms with Crippen molar-refractivity contribution in [2.45, 2.75) is 13.1 Å². The highest BCUT2D eigenvalue weighted by molar-refractivity contribution is 5.15. The Balaban J connectivity index is 2.89. The molecule has 4 N–H and O–H groups in total. The second-order valence-corrected chi connectivity index (χ2v) is 2.26. The largest absolute Gasteiger partial charge is 0.312 e. The van der Waals surface area contributed by atoms with E-state index in [1.165, 1.54) is 0 Å². The van der Waals surface area contributed by atoms with E-state index < -0.39 is 6.17 Å². The summed E-state index contributed by atoms with van der Waals surface area (Å²) in [5.41, 5.74) is 12.6. The van der Waals surface area contributed by atoms with Gasteiger partial charge >= 0.3 is 0 Å². The van der Waals surface area contributed by atoms with Crippen molar-refractivity contribution in [1.82, 2.24) is 4.98 Å². The fourth-order valence-corrected chi connectivity index (χ4v) is 0.676. The Morgan fingerprint density at radius 2 is 2.10 bits per heavy atom. The molecule has 0 aliphatic heterocycles. The van der Waals surface area contributed by atoms with Crippen molar-refractivity contribution in [3.05, 3.63) is 29.6 Å². The maximum Gasteiger partial charge on any atom is 0.0799 e. The fourth-order valence-electron chi connectivity index (χ4n) is 0.676. The zero-order chi connectivity index (χ0) is 7.56. The molecule has 0 aliphatic carbocycles. The Bertz CT molecular complexity index is 203. The smallest absolute Gasteiger partial charge is 0.0799 e. The van der Waals surface area contributed by atoms with E-state index in [-0.39, 0.29) is 0 Å². The molecule has 0 fully saturated rings. The summed E-state index contributed by atoms with van der Waals surface area (Å²) in [6.45, 7) is 1.92. The van der Waals surface area contributed by atoms with Gasteiger partial charge in [-0.3, -0.25) is 4.98 Å². The predicted octanol–water partition coefficient (Wildman–Crippen LogP) is 0.306. The van der Waals surface area contributed by atoms with Gasteiger partial charge in [-0.15, -0.1) is 0 Å². The van der Waals surface area contributed by atoms with E-state index >= 15 is 0 Å². The summed E-state index contributed by atoms with van der Waals surface area (Å²) in [6, 6.07) is 3.77. The molecule has 0 saturated heterocycles. The van der Waals surface area contributed by atoms with Crippen molar-refractivity contribution >= 4 is 0 Å². The van der Waals surface area contributed by atoms with E-state index in [1.807, 2.05) is 19.1 Å². The molecule has 1 rings (SSSR count). The molecular formula is C7H11N3. The summed E-state index contributed by atoms with van der Waals surface area (Å²) in [4.78, 5) is 4.04. The van der Waals surface area contributed by atoms with Crippen LogP contribution in [0.2, 0.25) is 0 Å². The predicted molar refractivity (Wildman–Crippen MR) is 40.1 cm³/mol. The molecular weight excluding hydrogens is 126 g/mol. The zero-order valence-electron chi connectivity index (χ0n) is 5.91. The lowest BCUT2D eigenvalue weighted by molar-refractivity contribution is 0.767. The summed E-state index contributed by atoms with van der Waals surface area (Å²) in [7, 11) is 0. The minimum atomic E-state index is -0.409. The number of rotatable bonds is 1. The summed E-state index contributed by atoms with van der Waals surface area (Å²) in [6.07, 6.45) is 1.29. The molecule has 3 nitrogen and oxygen atoms in total. The van der Waals surface area contributed by atoms with Gasteiger partial charge in [0.05, 0.1) is 6.17 Å². The molecule has 0 amide bonds. The third-order valence-electron chi connectivity index (χ3n) is 1.32. The Hall–Kier alpha value is -0.930. The fraction of sp³-hybridized carbons (Fsp3) is 0.286. The van der Waals surface area contributed by atoms with Crippen molar-refractivity contribution < 1.29 is 0 Å². The number of aromatic nitrogens is 1. The summed E-state index contributed by atoms with van der Waals surface area (Å²) in [5, 5.41) is 0. The molecule has 0 saturated carbocycles. The van der Waals surface area contributed by atoms with Crippen molar-refractivity contribution in [3.8, 4) is 0 Å². The standard InChI is InChI=1S/C7H11N3/c1-5-2-3-6(4-10-5)7(8)9/h2-4,7H,8-9H2,1H3. The topological polar surface area (TPSA) is 64.9 Å². The van der Waals surface area contributed by atoms with Crippen LogP contribution in [0.15, 0.2) is 18.3 Å². The summed E-state index contributed by atoms with van der Waals surface area (Å²) < 4.78 is 0. The molecule has 0 bridgehead atoms. The molecule has 0 spiro atoms. The van der Waals surface area contributed by atoms with Gasteiger partial charge in [-0.2, -0.15) is 0 Å². The van der Waals surface area contributed by atoms with E-state index in [1.54, 1.807) is 6.20 Å². The van der Waals surface area contributed by atoms with E-state index in [2.05, 4.69) is 4.98 Å². The van der Waals surface area contributed by atoms with Gasteiger partial charge in [-0.25, -0.2) is 0 Å². The highest BCUT2D eigenvalue weighted by Crippen LogP contribution is 2.02. The van der Waals surface area contributed by atoms with Crippen molar-refractivity contribution in [2.75, 3.05) is 0 Å². The summed E-state index contributed by atoms with van der Waals surface area (Å²) >= 11 is 0. The lowest BCUT2D eigenvalue weighted by atomic mass is 10.2. The Labute approximate surface area is 60.1 Å². The zero-order valence-corrected chi connectivity index (χ0v) is 5.91. The van der Waals surface area contributed by atoms with E-state index in [0.29, 0.717) is 0 Å². The van der Waals surface area contributed by atoms with Crippen molar-refractivity contribution in [2.24, 2.45) is 11.5 Å². The van der Waals surface area contributed by atoms with Gasteiger partial charge in [-0.05, 0) is 13.0 Å². The third-order valence-corrected chi connectivity index (χ3v) is 1.32. The second-order valence-electron chi connectivity index (χ2n) is 2.26. The van der Waals surface area contributed by atoms with Crippen LogP contribution in [0.3, 0.4) is 0 Å². The maximum absolute atomic E-state index is 5.40. The maximum atomic E-state index is 5.40. The Kier molecular flexibility index (Phi) is 1.99. The quantitative estimate of drug-likeness (QED) is 0.547. The van der Waals surface area contributed by atoms with Crippen LogP contribution in [0.25, 0.3) is 0 Å². The molecule has 1 aromatic heterocycles. The van der Waals surface area contributed by atoms with Crippen LogP contribution >= 0.6 is 0 Å². The minimum Gasteiger partial charge on any atom is -0.312 e. The second kappa shape index (κ2) is 2.77. The number of hydrogen-bond donors (Lipinski definition) is 2. The Morgan fingerprint density at radius 1 is 1.40 bits per heavy atom. The van der Waals surface area contributed by atoms with Crippen LogP contribution in [-0.2, 0) is 0 Å². The normalized spacial score (nSPS) is 10.4. The van der Waals surface area contributed by atoms with Crippen LogP contribution in [0.1, 0.15) is 17.4 Å². The number of nitrogens with zero attached hydrogens (tertiary/aromatic N) is 1. The molecule has 54 valence electrons. The van der Waals surface area contributed by atoms with Gasteiger partial charge in [0.25, 0.3) is 0 Å². The first-order chi connectivity index (χ1) is 4.70. The van der Waals surface area contributed by atoms with Crippen LogP contribution in [0.5, 0.6) is 0 Å². The lowest BCUT2D eigenvalue weighted by Gasteiger charge is -2.03. The number of aryl methyl sites for hydroxylation is 1. The van der Waals surface area contributed by atoms with Gasteiger partial charge in [0.15, 0.2) is 0 Å². The monoisotopic (exact) mass is 137 g/mol. The van der Waals surface area contributed by atoms with Crippen molar-refractivity contribution in [3.63, 3.8) is 0 Å². The first-order valence-electron chi connectivity index (χ1n) is 3.14. The molecule has 0 unspecified atom stereocenters. The molecule has 3 heteroatoms. The molecule has 10 heavy (non-hydrogen) atoms.